The summed E-state index contributed by atoms with van der Waals surface area (Å²) in [5.41, 5.74) is 2.21. The van der Waals surface area contributed by atoms with Crippen LogP contribution in [0.2, 0.25) is 0 Å². The smallest absolute Gasteiger partial charge is 0.289 e. The predicted molar refractivity (Wildman–Crippen MR) is 62.4 cm³/mol. The lowest BCUT2D eigenvalue weighted by molar-refractivity contribution is -0.108. The Kier molecular flexibility index (Phi) is 4.63. The third-order valence-electron chi connectivity index (χ3n) is 1.69. The first-order valence-corrected chi connectivity index (χ1v) is 5.24. The van der Waals surface area contributed by atoms with Gasteiger partial charge in [-0.2, -0.15) is 0 Å². The molecule has 0 atom stereocenters. The Bertz CT molecular complexity index is 371. The number of thioether (sulfide) groups is 1. The summed E-state index contributed by atoms with van der Waals surface area (Å²) in [7, 11) is 0. The molecular formula is C11H11NO2S. The molecule has 0 aliphatic carbocycles. The minimum atomic E-state index is -0.381. The zero-order chi connectivity index (χ0) is 11.1. The van der Waals surface area contributed by atoms with Gasteiger partial charge in [0.15, 0.2) is 0 Å². The van der Waals surface area contributed by atoms with Gasteiger partial charge in [-0.25, -0.2) is 0 Å². The summed E-state index contributed by atoms with van der Waals surface area (Å²) < 4.78 is 0. The Labute approximate surface area is 92.6 Å². The number of benzene rings is 1. The third-order valence-corrected chi connectivity index (χ3v) is 2.29. The van der Waals surface area contributed by atoms with E-state index in [2.05, 4.69) is 0 Å². The molecule has 1 N–H and O–H groups in total. The number of imide groups is 1. The van der Waals surface area contributed by atoms with E-state index in [-0.39, 0.29) is 5.24 Å². The zero-order valence-electron chi connectivity index (χ0n) is 8.27. The molecule has 0 saturated carbocycles. The predicted octanol–water partition coefficient (Wildman–Crippen LogP) is 2.56. The monoisotopic (exact) mass is 221 g/mol. The van der Waals surface area contributed by atoms with Gasteiger partial charge in [0.2, 0.25) is 6.41 Å². The molecule has 15 heavy (non-hydrogen) atoms. The first-order valence-electron chi connectivity index (χ1n) is 4.36. The SMILES string of the molecule is Cc1ccc(/C=C\SC(=O)NC=O)cc1. The molecule has 0 radical (unpaired) electrons. The molecule has 1 rings (SSSR count). The lowest BCUT2D eigenvalue weighted by Crippen LogP contribution is -2.14. The molecule has 2 amide bonds. The number of rotatable bonds is 3. The lowest BCUT2D eigenvalue weighted by atomic mass is 10.2. The molecule has 0 aromatic heterocycles. The van der Waals surface area contributed by atoms with Crippen LogP contribution in [0.25, 0.3) is 6.08 Å². The normalized spacial score (nSPS) is 10.2. The topological polar surface area (TPSA) is 46.2 Å². The molecule has 0 aliphatic heterocycles. The van der Waals surface area contributed by atoms with E-state index in [0.717, 1.165) is 17.3 Å². The van der Waals surface area contributed by atoms with Crippen LogP contribution in [0.1, 0.15) is 11.1 Å². The van der Waals surface area contributed by atoms with Gasteiger partial charge in [0.1, 0.15) is 0 Å². The molecule has 0 bridgehead atoms. The highest BCUT2D eigenvalue weighted by Gasteiger charge is 1.94. The number of hydrogen-bond acceptors (Lipinski definition) is 3. The summed E-state index contributed by atoms with van der Waals surface area (Å²) in [5, 5.41) is 3.29. The molecular weight excluding hydrogens is 210 g/mol. The molecule has 0 saturated heterocycles. The number of carbonyl (C=O) groups is 2. The van der Waals surface area contributed by atoms with Gasteiger partial charge >= 0.3 is 0 Å². The first-order chi connectivity index (χ1) is 7.22. The van der Waals surface area contributed by atoms with Gasteiger partial charge in [0, 0.05) is 0 Å². The number of hydrogen-bond donors (Lipinski definition) is 1. The second kappa shape index (κ2) is 6.03. The molecule has 1 aromatic rings. The molecule has 0 aliphatic rings. The minimum absolute atomic E-state index is 0.370. The van der Waals surface area contributed by atoms with Gasteiger partial charge in [-0.15, -0.1) is 0 Å². The molecule has 4 heteroatoms. The summed E-state index contributed by atoms with van der Waals surface area (Å²) in [6, 6.07) is 7.92. The van der Waals surface area contributed by atoms with Gasteiger partial charge in [0.05, 0.1) is 0 Å². The zero-order valence-corrected chi connectivity index (χ0v) is 9.08. The fourth-order valence-electron chi connectivity index (χ4n) is 0.934. The van der Waals surface area contributed by atoms with Crippen molar-refractivity contribution in [3.8, 4) is 0 Å². The average molecular weight is 221 g/mol. The molecule has 78 valence electrons. The fraction of sp³-hybridized carbons (Fsp3) is 0.0909. The van der Waals surface area contributed by atoms with Crippen molar-refractivity contribution >= 4 is 29.5 Å². The van der Waals surface area contributed by atoms with E-state index in [1.807, 2.05) is 42.6 Å². The maximum atomic E-state index is 10.9. The molecule has 0 unspecified atom stereocenters. The maximum absolute atomic E-state index is 10.9. The summed E-state index contributed by atoms with van der Waals surface area (Å²) in [4.78, 5) is 20.8. The largest absolute Gasteiger partial charge is 0.290 e. The van der Waals surface area contributed by atoms with Crippen LogP contribution in [0.3, 0.4) is 0 Å². The van der Waals surface area contributed by atoms with Crippen LogP contribution in [0, 0.1) is 6.92 Å². The van der Waals surface area contributed by atoms with Gasteiger partial charge in [-0.1, -0.05) is 29.8 Å². The van der Waals surface area contributed by atoms with E-state index in [0.29, 0.717) is 6.41 Å². The van der Waals surface area contributed by atoms with Gasteiger partial charge in [-0.3, -0.25) is 14.9 Å². The number of aryl methyl sites for hydroxylation is 1. The van der Waals surface area contributed by atoms with E-state index >= 15 is 0 Å². The highest BCUT2D eigenvalue weighted by molar-refractivity contribution is 8.16. The van der Waals surface area contributed by atoms with E-state index in [9.17, 15) is 9.59 Å². The second-order valence-electron chi connectivity index (χ2n) is 2.88. The van der Waals surface area contributed by atoms with Crippen LogP contribution in [0.15, 0.2) is 29.7 Å². The van der Waals surface area contributed by atoms with Crippen LogP contribution < -0.4 is 5.32 Å². The summed E-state index contributed by atoms with van der Waals surface area (Å²) in [6.45, 7) is 2.01. The Hall–Kier alpha value is -1.55. The van der Waals surface area contributed by atoms with Crippen molar-refractivity contribution < 1.29 is 9.59 Å². The van der Waals surface area contributed by atoms with Crippen molar-refractivity contribution in [2.45, 2.75) is 6.92 Å². The minimum Gasteiger partial charge on any atom is -0.290 e. The van der Waals surface area contributed by atoms with Crippen molar-refractivity contribution in [1.29, 1.82) is 0 Å². The maximum Gasteiger partial charge on any atom is 0.289 e. The summed E-state index contributed by atoms with van der Waals surface area (Å²) >= 11 is 0.938. The van der Waals surface area contributed by atoms with Crippen molar-refractivity contribution in [3.63, 3.8) is 0 Å². The Morgan fingerprint density at radius 1 is 1.33 bits per heavy atom. The first kappa shape index (κ1) is 11.5. The molecule has 0 fully saturated rings. The summed E-state index contributed by atoms with van der Waals surface area (Å²) in [6.07, 6.45) is 2.18. The van der Waals surface area contributed by atoms with Crippen LogP contribution in [0.5, 0.6) is 0 Å². The molecule has 0 heterocycles. The van der Waals surface area contributed by atoms with Crippen molar-refractivity contribution in [1.82, 2.24) is 5.32 Å². The van der Waals surface area contributed by atoms with Gasteiger partial charge in [-0.05, 0) is 35.7 Å². The highest BCUT2D eigenvalue weighted by Crippen LogP contribution is 2.09. The lowest BCUT2D eigenvalue weighted by Gasteiger charge is -1.94. The molecule has 1 aromatic carbocycles. The van der Waals surface area contributed by atoms with Crippen LogP contribution in [-0.2, 0) is 4.79 Å². The van der Waals surface area contributed by atoms with Crippen LogP contribution >= 0.6 is 11.8 Å². The highest BCUT2D eigenvalue weighted by atomic mass is 32.2. The van der Waals surface area contributed by atoms with Crippen molar-refractivity contribution in [2.24, 2.45) is 0 Å². The van der Waals surface area contributed by atoms with E-state index in [1.165, 1.54) is 5.56 Å². The van der Waals surface area contributed by atoms with E-state index in [4.69, 9.17) is 0 Å². The van der Waals surface area contributed by atoms with Gasteiger partial charge in [0.25, 0.3) is 5.24 Å². The Morgan fingerprint density at radius 2 is 2.00 bits per heavy atom. The Morgan fingerprint density at radius 3 is 2.60 bits per heavy atom. The standard InChI is InChI=1S/C11H11NO2S/c1-9-2-4-10(5-3-9)6-7-15-11(14)12-8-13/h2-8H,1H3,(H,12,13,14)/b7-6-. The molecule has 3 nitrogen and oxygen atoms in total. The van der Waals surface area contributed by atoms with E-state index < -0.39 is 0 Å². The second-order valence-corrected chi connectivity index (χ2v) is 3.76. The fourth-order valence-corrected chi connectivity index (χ4v) is 1.40. The number of carbonyl (C=O) groups excluding carboxylic acids is 2. The number of amides is 2. The Balaban J connectivity index is 2.47. The third kappa shape index (κ3) is 4.46. The van der Waals surface area contributed by atoms with Crippen molar-refractivity contribution in [2.75, 3.05) is 0 Å². The number of nitrogens with one attached hydrogen (secondary N) is 1. The van der Waals surface area contributed by atoms with Gasteiger partial charge < -0.3 is 0 Å². The van der Waals surface area contributed by atoms with Crippen LogP contribution in [0.4, 0.5) is 4.79 Å². The quantitative estimate of drug-likeness (QED) is 0.798. The molecule has 0 spiro atoms. The van der Waals surface area contributed by atoms with Crippen LogP contribution in [-0.4, -0.2) is 11.6 Å². The summed E-state index contributed by atoms with van der Waals surface area (Å²) in [5.74, 6) is 0. The average Bonchev–Trinajstić information content (AvgIpc) is 2.21. The van der Waals surface area contributed by atoms with Crippen molar-refractivity contribution in [3.05, 3.63) is 40.8 Å². The van der Waals surface area contributed by atoms with E-state index in [1.54, 1.807) is 5.41 Å².